The van der Waals surface area contributed by atoms with E-state index in [-0.39, 0.29) is 17.3 Å². The van der Waals surface area contributed by atoms with Gasteiger partial charge in [-0.15, -0.1) is 0 Å². The maximum Gasteiger partial charge on any atom is 0.312 e. The van der Waals surface area contributed by atoms with Gasteiger partial charge >= 0.3 is 5.69 Å². The van der Waals surface area contributed by atoms with Gasteiger partial charge in [0.1, 0.15) is 11.6 Å². The quantitative estimate of drug-likeness (QED) is 0.379. The van der Waals surface area contributed by atoms with Crippen molar-refractivity contribution in [1.29, 1.82) is 5.41 Å². The highest BCUT2D eigenvalue weighted by molar-refractivity contribution is 9.10. The lowest BCUT2D eigenvalue weighted by molar-refractivity contribution is -0.385. The van der Waals surface area contributed by atoms with E-state index in [0.717, 1.165) is 0 Å². The molecule has 0 aromatic heterocycles. The van der Waals surface area contributed by atoms with Gasteiger partial charge in [-0.05, 0) is 42.8 Å². The summed E-state index contributed by atoms with van der Waals surface area (Å²) in [5, 5.41) is 18.4. The molecular weight excluding hydrogens is 338 g/mol. The SMILES string of the molecule is Cc1cc(Br)cc([N+](=O)[O-])c1Oc1ccc(C(=N)N)cc1. The number of amidine groups is 1. The largest absolute Gasteiger partial charge is 0.450 e. The predicted octanol–water partition coefficient (Wildman–Crippen LogP) is 3.74. The van der Waals surface area contributed by atoms with E-state index in [1.807, 2.05) is 0 Å². The number of ether oxygens (including phenoxy) is 1. The number of aryl methyl sites for hydroxylation is 1. The number of nitrogens with zero attached hydrogens (tertiary/aromatic N) is 1. The van der Waals surface area contributed by atoms with Crippen LogP contribution in [0.2, 0.25) is 0 Å². The summed E-state index contributed by atoms with van der Waals surface area (Å²) in [5.74, 6) is 0.583. The highest BCUT2D eigenvalue weighted by atomic mass is 79.9. The molecule has 2 aromatic rings. The maximum atomic E-state index is 11.1. The van der Waals surface area contributed by atoms with Crippen molar-refractivity contribution in [3.8, 4) is 11.5 Å². The number of benzene rings is 2. The molecule has 0 aliphatic rings. The van der Waals surface area contributed by atoms with Gasteiger partial charge in [-0.3, -0.25) is 15.5 Å². The molecule has 0 spiro atoms. The van der Waals surface area contributed by atoms with Gasteiger partial charge in [0.15, 0.2) is 0 Å². The molecule has 3 N–H and O–H groups in total. The number of nitrogens with one attached hydrogen (secondary N) is 1. The lowest BCUT2D eigenvalue weighted by Crippen LogP contribution is -2.10. The molecule has 0 saturated heterocycles. The van der Waals surface area contributed by atoms with Crippen molar-refractivity contribution in [1.82, 2.24) is 0 Å². The van der Waals surface area contributed by atoms with Gasteiger partial charge in [0.2, 0.25) is 5.75 Å². The number of nitro groups is 1. The third-order valence-electron chi connectivity index (χ3n) is 2.80. The monoisotopic (exact) mass is 349 g/mol. The van der Waals surface area contributed by atoms with Crippen LogP contribution in [0.4, 0.5) is 5.69 Å². The Morgan fingerprint density at radius 2 is 1.95 bits per heavy atom. The first-order valence-corrected chi connectivity index (χ1v) is 6.74. The Labute approximate surface area is 129 Å². The van der Waals surface area contributed by atoms with E-state index in [0.29, 0.717) is 21.3 Å². The molecule has 0 saturated carbocycles. The number of nitrogens with two attached hydrogens (primary N) is 1. The van der Waals surface area contributed by atoms with Gasteiger partial charge in [-0.1, -0.05) is 15.9 Å². The van der Waals surface area contributed by atoms with Crippen molar-refractivity contribution in [2.24, 2.45) is 5.73 Å². The van der Waals surface area contributed by atoms with Crippen molar-refractivity contribution >= 4 is 27.5 Å². The molecule has 0 fully saturated rings. The van der Waals surface area contributed by atoms with Crippen LogP contribution in [-0.2, 0) is 0 Å². The zero-order chi connectivity index (χ0) is 15.6. The van der Waals surface area contributed by atoms with Gasteiger partial charge in [0.05, 0.1) is 4.92 Å². The Balaban J connectivity index is 2.39. The summed E-state index contributed by atoms with van der Waals surface area (Å²) in [4.78, 5) is 10.6. The van der Waals surface area contributed by atoms with Crippen molar-refractivity contribution in [2.75, 3.05) is 0 Å². The normalized spacial score (nSPS) is 10.2. The zero-order valence-electron chi connectivity index (χ0n) is 11.1. The van der Waals surface area contributed by atoms with Crippen LogP contribution in [0.1, 0.15) is 11.1 Å². The summed E-state index contributed by atoms with van der Waals surface area (Å²) in [6, 6.07) is 9.61. The summed E-state index contributed by atoms with van der Waals surface area (Å²) in [6.07, 6.45) is 0. The summed E-state index contributed by atoms with van der Waals surface area (Å²) >= 11 is 3.23. The highest BCUT2D eigenvalue weighted by Gasteiger charge is 2.19. The van der Waals surface area contributed by atoms with Crippen LogP contribution in [0.3, 0.4) is 0 Å². The van der Waals surface area contributed by atoms with Crippen LogP contribution in [-0.4, -0.2) is 10.8 Å². The molecule has 6 nitrogen and oxygen atoms in total. The highest BCUT2D eigenvalue weighted by Crippen LogP contribution is 2.37. The molecule has 108 valence electrons. The fourth-order valence-corrected chi connectivity index (χ4v) is 2.36. The molecule has 7 heteroatoms. The van der Waals surface area contributed by atoms with Gasteiger partial charge in [0.25, 0.3) is 0 Å². The number of hydrogen-bond acceptors (Lipinski definition) is 4. The van der Waals surface area contributed by atoms with Crippen LogP contribution < -0.4 is 10.5 Å². The zero-order valence-corrected chi connectivity index (χ0v) is 12.7. The second-order valence-electron chi connectivity index (χ2n) is 4.37. The number of halogens is 1. The molecule has 0 aliphatic carbocycles. The molecule has 21 heavy (non-hydrogen) atoms. The molecule has 2 rings (SSSR count). The van der Waals surface area contributed by atoms with Crippen LogP contribution in [0.15, 0.2) is 40.9 Å². The van der Waals surface area contributed by atoms with Gasteiger partial charge < -0.3 is 10.5 Å². The number of rotatable bonds is 4. The van der Waals surface area contributed by atoms with Crippen molar-refractivity contribution in [2.45, 2.75) is 6.92 Å². The van der Waals surface area contributed by atoms with E-state index in [2.05, 4.69) is 15.9 Å². The lowest BCUT2D eigenvalue weighted by atomic mass is 10.2. The Morgan fingerprint density at radius 1 is 1.33 bits per heavy atom. The van der Waals surface area contributed by atoms with E-state index in [1.165, 1.54) is 6.07 Å². The maximum absolute atomic E-state index is 11.1. The molecule has 0 aliphatic heterocycles. The Bertz CT molecular complexity index is 714. The summed E-state index contributed by atoms with van der Waals surface area (Å²) in [6.45, 7) is 1.73. The first-order chi connectivity index (χ1) is 9.88. The van der Waals surface area contributed by atoms with E-state index in [4.69, 9.17) is 15.9 Å². The molecule has 0 atom stereocenters. The van der Waals surface area contributed by atoms with Crippen LogP contribution in [0, 0.1) is 22.4 Å². The molecule has 0 amide bonds. The van der Waals surface area contributed by atoms with E-state index < -0.39 is 4.92 Å². The molecular formula is C14H12BrN3O3. The number of hydrogen-bond donors (Lipinski definition) is 2. The molecule has 0 unspecified atom stereocenters. The third-order valence-corrected chi connectivity index (χ3v) is 3.26. The van der Waals surface area contributed by atoms with Crippen LogP contribution >= 0.6 is 15.9 Å². The summed E-state index contributed by atoms with van der Waals surface area (Å²) < 4.78 is 6.23. The van der Waals surface area contributed by atoms with Crippen molar-refractivity contribution in [3.05, 3.63) is 62.1 Å². The smallest absolute Gasteiger partial charge is 0.312 e. The summed E-state index contributed by atoms with van der Waals surface area (Å²) in [5.41, 5.74) is 6.46. The molecule has 0 bridgehead atoms. The van der Waals surface area contributed by atoms with Crippen molar-refractivity contribution < 1.29 is 9.66 Å². The van der Waals surface area contributed by atoms with Gasteiger partial charge in [0, 0.05) is 16.1 Å². The minimum Gasteiger partial charge on any atom is -0.450 e. The third kappa shape index (κ3) is 3.38. The van der Waals surface area contributed by atoms with Crippen LogP contribution in [0.5, 0.6) is 11.5 Å². The Morgan fingerprint density at radius 3 is 2.48 bits per heavy atom. The fourth-order valence-electron chi connectivity index (χ4n) is 1.80. The molecule has 0 radical (unpaired) electrons. The molecule has 2 aromatic carbocycles. The average Bonchev–Trinajstić information content (AvgIpc) is 2.41. The van der Waals surface area contributed by atoms with E-state index in [1.54, 1.807) is 37.3 Å². The average molecular weight is 350 g/mol. The summed E-state index contributed by atoms with van der Waals surface area (Å²) in [7, 11) is 0. The van der Waals surface area contributed by atoms with E-state index >= 15 is 0 Å². The number of nitro benzene ring substituents is 1. The van der Waals surface area contributed by atoms with Crippen LogP contribution in [0.25, 0.3) is 0 Å². The predicted molar refractivity (Wildman–Crippen MR) is 83.1 cm³/mol. The molecule has 0 heterocycles. The van der Waals surface area contributed by atoms with Crippen molar-refractivity contribution in [3.63, 3.8) is 0 Å². The topological polar surface area (TPSA) is 102 Å². The van der Waals surface area contributed by atoms with Gasteiger partial charge in [-0.2, -0.15) is 0 Å². The second kappa shape index (κ2) is 5.92. The second-order valence-corrected chi connectivity index (χ2v) is 5.28. The first kappa shape index (κ1) is 15.0. The Kier molecular flexibility index (Phi) is 4.23. The minimum absolute atomic E-state index is 0.0487. The minimum atomic E-state index is -0.489. The standard InChI is InChI=1S/C14H12BrN3O3/c1-8-6-10(15)7-12(18(19)20)13(8)21-11-4-2-9(3-5-11)14(16)17/h2-7H,1H3,(H3,16,17). The lowest BCUT2D eigenvalue weighted by Gasteiger charge is -2.10. The van der Waals surface area contributed by atoms with Gasteiger partial charge in [-0.25, -0.2) is 0 Å². The fraction of sp³-hybridized carbons (Fsp3) is 0.0714. The number of nitrogen functional groups attached to an aromatic ring is 1. The first-order valence-electron chi connectivity index (χ1n) is 5.95. The van der Waals surface area contributed by atoms with E-state index in [9.17, 15) is 10.1 Å². The Hall–Kier alpha value is -2.41.